The second-order valence-electron chi connectivity index (χ2n) is 4.41. The van der Waals surface area contributed by atoms with Crippen LogP contribution in [0.4, 0.5) is 0 Å². The van der Waals surface area contributed by atoms with Gasteiger partial charge in [-0.2, -0.15) is 0 Å². The van der Waals surface area contributed by atoms with E-state index >= 15 is 0 Å². The summed E-state index contributed by atoms with van der Waals surface area (Å²) in [6, 6.07) is 14.5. The van der Waals surface area contributed by atoms with Gasteiger partial charge in [-0.3, -0.25) is 4.79 Å². The number of rotatable bonds is 5. The molecule has 104 valence electrons. The number of Topliss-reactive ketones (excluding diaryl/α,β-unsaturated/α-hetero) is 1. The summed E-state index contributed by atoms with van der Waals surface area (Å²) in [5.74, 6) is 0.0235. The van der Waals surface area contributed by atoms with Gasteiger partial charge in [0.1, 0.15) is 5.75 Å². The Balaban J connectivity index is 2.41. The molecule has 0 aliphatic rings. The molecule has 0 spiro atoms. The summed E-state index contributed by atoms with van der Waals surface area (Å²) >= 11 is 5.97. The third kappa shape index (κ3) is 3.00. The van der Waals surface area contributed by atoms with E-state index in [0.717, 1.165) is 5.56 Å². The molecule has 0 amide bonds. The zero-order chi connectivity index (χ0) is 14.5. The predicted molar refractivity (Wildman–Crippen MR) is 80.6 cm³/mol. The molecular weight excluding hydrogens is 274 g/mol. The molecule has 0 fully saturated rings. The van der Waals surface area contributed by atoms with Crippen LogP contribution in [0.2, 0.25) is 5.02 Å². The normalized spacial score (nSPS) is 11.9. The van der Waals surface area contributed by atoms with E-state index < -0.39 is 5.92 Å². The number of methoxy groups -OCH3 is 1. The van der Waals surface area contributed by atoms with E-state index in [-0.39, 0.29) is 12.3 Å². The highest BCUT2D eigenvalue weighted by Crippen LogP contribution is 2.28. The van der Waals surface area contributed by atoms with Gasteiger partial charge < -0.3 is 10.5 Å². The maximum atomic E-state index is 12.7. The maximum absolute atomic E-state index is 12.7. The standard InChI is InChI=1S/C16H16ClNO2/c1-20-15-8-7-12(17)9-13(15)16(19)14(10-18)11-5-3-2-4-6-11/h2-9,14H,10,18H2,1H3. The van der Waals surface area contributed by atoms with Crippen LogP contribution in [0, 0.1) is 0 Å². The average molecular weight is 290 g/mol. The van der Waals surface area contributed by atoms with Crippen molar-refractivity contribution in [1.82, 2.24) is 0 Å². The fraction of sp³-hybridized carbons (Fsp3) is 0.188. The lowest BCUT2D eigenvalue weighted by atomic mass is 9.90. The number of carbonyl (C=O) groups excluding carboxylic acids is 1. The van der Waals surface area contributed by atoms with Gasteiger partial charge in [0.05, 0.1) is 18.6 Å². The van der Waals surface area contributed by atoms with Crippen molar-refractivity contribution in [2.24, 2.45) is 5.73 Å². The molecule has 0 radical (unpaired) electrons. The molecule has 0 bridgehead atoms. The molecule has 0 aliphatic carbocycles. The molecule has 20 heavy (non-hydrogen) atoms. The van der Waals surface area contributed by atoms with Crippen molar-refractivity contribution < 1.29 is 9.53 Å². The van der Waals surface area contributed by atoms with E-state index in [0.29, 0.717) is 16.3 Å². The van der Waals surface area contributed by atoms with E-state index in [1.165, 1.54) is 7.11 Å². The van der Waals surface area contributed by atoms with Gasteiger partial charge in [-0.05, 0) is 23.8 Å². The first-order valence-corrected chi connectivity index (χ1v) is 6.68. The van der Waals surface area contributed by atoms with Crippen molar-refractivity contribution in [1.29, 1.82) is 0 Å². The molecule has 2 aromatic rings. The molecule has 0 saturated heterocycles. The summed E-state index contributed by atoms with van der Waals surface area (Å²) < 4.78 is 5.23. The van der Waals surface area contributed by atoms with E-state index in [1.54, 1.807) is 18.2 Å². The molecule has 1 unspecified atom stereocenters. The first-order chi connectivity index (χ1) is 9.67. The van der Waals surface area contributed by atoms with E-state index in [9.17, 15) is 4.79 Å². The lowest BCUT2D eigenvalue weighted by Crippen LogP contribution is -2.22. The SMILES string of the molecule is COc1ccc(Cl)cc1C(=O)C(CN)c1ccccc1. The van der Waals surface area contributed by atoms with Crippen molar-refractivity contribution in [3.63, 3.8) is 0 Å². The van der Waals surface area contributed by atoms with Crippen LogP contribution in [0.5, 0.6) is 5.75 Å². The van der Waals surface area contributed by atoms with Crippen LogP contribution >= 0.6 is 11.6 Å². The fourth-order valence-corrected chi connectivity index (χ4v) is 2.31. The maximum Gasteiger partial charge on any atom is 0.175 e. The third-order valence-electron chi connectivity index (χ3n) is 3.18. The Morgan fingerprint density at radius 3 is 2.55 bits per heavy atom. The average Bonchev–Trinajstić information content (AvgIpc) is 2.49. The predicted octanol–water partition coefficient (Wildman–Crippen LogP) is 3.27. The molecule has 2 aromatic carbocycles. The Bertz CT molecular complexity index is 599. The van der Waals surface area contributed by atoms with Gasteiger partial charge in [-0.1, -0.05) is 41.9 Å². The molecule has 2 N–H and O–H groups in total. The topological polar surface area (TPSA) is 52.3 Å². The Kier molecular flexibility index (Phi) is 4.77. The second kappa shape index (κ2) is 6.55. The number of benzene rings is 2. The van der Waals surface area contributed by atoms with Crippen molar-refractivity contribution in [2.45, 2.75) is 5.92 Å². The summed E-state index contributed by atoms with van der Waals surface area (Å²) in [6.07, 6.45) is 0. The second-order valence-corrected chi connectivity index (χ2v) is 4.84. The van der Waals surface area contributed by atoms with Gasteiger partial charge in [0.15, 0.2) is 5.78 Å². The molecule has 3 nitrogen and oxygen atoms in total. The van der Waals surface area contributed by atoms with E-state index in [4.69, 9.17) is 22.1 Å². The summed E-state index contributed by atoms with van der Waals surface area (Å²) in [7, 11) is 1.53. The summed E-state index contributed by atoms with van der Waals surface area (Å²) in [6.45, 7) is 0.235. The number of halogens is 1. The first-order valence-electron chi connectivity index (χ1n) is 6.30. The van der Waals surface area contributed by atoms with Crippen LogP contribution in [0.3, 0.4) is 0 Å². The molecule has 0 saturated carbocycles. The summed E-state index contributed by atoms with van der Waals surface area (Å²) in [5.41, 5.74) is 7.13. The lowest BCUT2D eigenvalue weighted by Gasteiger charge is -2.16. The first kappa shape index (κ1) is 14.6. The zero-order valence-electron chi connectivity index (χ0n) is 11.2. The van der Waals surface area contributed by atoms with Crippen LogP contribution < -0.4 is 10.5 Å². The largest absolute Gasteiger partial charge is 0.496 e. The lowest BCUT2D eigenvalue weighted by molar-refractivity contribution is 0.0959. The van der Waals surface area contributed by atoms with Crippen LogP contribution in [0.15, 0.2) is 48.5 Å². The molecule has 1 atom stereocenters. The molecule has 2 rings (SSSR count). The van der Waals surface area contributed by atoms with Crippen molar-refractivity contribution in [2.75, 3.05) is 13.7 Å². The summed E-state index contributed by atoms with van der Waals surface area (Å²) in [5, 5.41) is 0.498. The van der Waals surface area contributed by atoms with Crippen molar-refractivity contribution in [3.8, 4) is 5.75 Å². The number of nitrogens with two attached hydrogens (primary N) is 1. The van der Waals surface area contributed by atoms with Gasteiger partial charge in [0, 0.05) is 11.6 Å². The molecule has 0 aromatic heterocycles. The minimum absolute atomic E-state index is 0.0851. The molecule has 4 heteroatoms. The molecule has 0 heterocycles. The highest BCUT2D eigenvalue weighted by molar-refractivity contribution is 6.31. The van der Waals surface area contributed by atoms with Crippen LogP contribution in [0.25, 0.3) is 0 Å². The molecular formula is C16H16ClNO2. The quantitative estimate of drug-likeness (QED) is 0.860. The Morgan fingerprint density at radius 1 is 1.25 bits per heavy atom. The van der Waals surface area contributed by atoms with Crippen molar-refractivity contribution in [3.05, 3.63) is 64.7 Å². The van der Waals surface area contributed by atoms with Gasteiger partial charge >= 0.3 is 0 Å². The van der Waals surface area contributed by atoms with E-state index in [2.05, 4.69) is 0 Å². The number of hydrogen-bond acceptors (Lipinski definition) is 3. The molecule has 0 aliphatic heterocycles. The highest BCUT2D eigenvalue weighted by atomic mass is 35.5. The van der Waals surface area contributed by atoms with Gasteiger partial charge in [0.25, 0.3) is 0 Å². The number of ketones is 1. The van der Waals surface area contributed by atoms with Gasteiger partial charge in [-0.25, -0.2) is 0 Å². The van der Waals surface area contributed by atoms with Gasteiger partial charge in [-0.15, -0.1) is 0 Å². The number of carbonyl (C=O) groups is 1. The minimum Gasteiger partial charge on any atom is -0.496 e. The van der Waals surface area contributed by atoms with Crippen LogP contribution in [0.1, 0.15) is 21.8 Å². The Labute approximate surface area is 123 Å². The third-order valence-corrected chi connectivity index (χ3v) is 3.42. The fourth-order valence-electron chi connectivity index (χ4n) is 2.14. The Morgan fingerprint density at radius 2 is 1.95 bits per heavy atom. The highest BCUT2D eigenvalue weighted by Gasteiger charge is 2.23. The zero-order valence-corrected chi connectivity index (χ0v) is 11.9. The van der Waals surface area contributed by atoms with Crippen LogP contribution in [-0.4, -0.2) is 19.4 Å². The summed E-state index contributed by atoms with van der Waals surface area (Å²) in [4.78, 5) is 12.7. The Hall–Kier alpha value is -1.84. The van der Waals surface area contributed by atoms with Crippen LogP contribution in [-0.2, 0) is 0 Å². The number of ether oxygens (including phenoxy) is 1. The smallest absolute Gasteiger partial charge is 0.175 e. The van der Waals surface area contributed by atoms with Crippen molar-refractivity contribution >= 4 is 17.4 Å². The van der Waals surface area contributed by atoms with E-state index in [1.807, 2.05) is 30.3 Å². The number of hydrogen-bond donors (Lipinski definition) is 1. The monoisotopic (exact) mass is 289 g/mol. The minimum atomic E-state index is -0.399. The van der Waals surface area contributed by atoms with Gasteiger partial charge in [0.2, 0.25) is 0 Å².